The minimum absolute atomic E-state index is 0.0968. The molecule has 0 aliphatic rings. The molecule has 0 aliphatic carbocycles. The van der Waals surface area contributed by atoms with Crippen LogP contribution < -0.4 is 11.3 Å². The Bertz CT molecular complexity index is 572. The average molecular weight is 279 g/mol. The van der Waals surface area contributed by atoms with Crippen molar-refractivity contribution in [3.8, 4) is 0 Å². The lowest BCUT2D eigenvalue weighted by atomic mass is 9.96. The molecule has 2 aromatic carbocycles. The number of nitrogens with one attached hydrogen (secondary N) is 1. The van der Waals surface area contributed by atoms with Crippen molar-refractivity contribution in [1.82, 2.24) is 5.43 Å². The van der Waals surface area contributed by atoms with Crippen LogP contribution in [0.2, 0.25) is 5.02 Å². The predicted octanol–water partition coefficient (Wildman–Crippen LogP) is 3.53. The van der Waals surface area contributed by atoms with E-state index >= 15 is 0 Å². The third kappa shape index (κ3) is 3.53. The lowest BCUT2D eigenvalue weighted by Gasteiger charge is -2.19. The van der Waals surface area contributed by atoms with Gasteiger partial charge in [-0.25, -0.2) is 4.39 Å². The van der Waals surface area contributed by atoms with Gasteiger partial charge in [0, 0.05) is 5.02 Å². The van der Waals surface area contributed by atoms with E-state index < -0.39 is 0 Å². The van der Waals surface area contributed by atoms with Crippen LogP contribution in [0.3, 0.4) is 0 Å². The highest BCUT2D eigenvalue weighted by atomic mass is 35.5. The van der Waals surface area contributed by atoms with Crippen LogP contribution in [-0.2, 0) is 6.42 Å². The van der Waals surface area contributed by atoms with Gasteiger partial charge in [0.2, 0.25) is 0 Å². The minimum atomic E-state index is -0.240. The second-order valence-corrected chi connectivity index (χ2v) is 4.99. The number of hydrazine groups is 1. The van der Waals surface area contributed by atoms with Gasteiger partial charge in [-0.1, -0.05) is 29.8 Å². The first-order valence-corrected chi connectivity index (χ1v) is 6.44. The Hall–Kier alpha value is -1.42. The molecule has 3 N–H and O–H groups in total. The molecule has 0 saturated carbocycles. The summed E-state index contributed by atoms with van der Waals surface area (Å²) in [6.07, 6.45) is 0.607. The molecule has 100 valence electrons. The summed E-state index contributed by atoms with van der Waals surface area (Å²) in [4.78, 5) is 0. The lowest BCUT2D eigenvalue weighted by Crippen LogP contribution is -2.30. The van der Waals surface area contributed by atoms with E-state index in [4.69, 9.17) is 17.4 Å². The first-order valence-electron chi connectivity index (χ1n) is 6.07. The van der Waals surface area contributed by atoms with Crippen molar-refractivity contribution in [2.75, 3.05) is 0 Å². The molecule has 2 rings (SSSR count). The maximum atomic E-state index is 13.2. The number of rotatable bonds is 4. The molecule has 0 aromatic heterocycles. The second kappa shape index (κ2) is 6.15. The van der Waals surface area contributed by atoms with Crippen LogP contribution in [0.4, 0.5) is 4.39 Å². The summed E-state index contributed by atoms with van der Waals surface area (Å²) in [6.45, 7) is 2.00. The van der Waals surface area contributed by atoms with Crippen molar-refractivity contribution in [3.63, 3.8) is 0 Å². The zero-order valence-corrected chi connectivity index (χ0v) is 11.4. The van der Waals surface area contributed by atoms with Crippen molar-refractivity contribution in [2.24, 2.45) is 5.84 Å². The number of nitrogens with two attached hydrogens (primary N) is 1. The maximum absolute atomic E-state index is 13.2. The molecule has 0 heterocycles. The summed E-state index contributed by atoms with van der Waals surface area (Å²) in [6, 6.07) is 12.1. The largest absolute Gasteiger partial charge is 0.271 e. The van der Waals surface area contributed by atoms with E-state index in [2.05, 4.69) is 5.43 Å². The zero-order chi connectivity index (χ0) is 13.8. The van der Waals surface area contributed by atoms with Gasteiger partial charge in [-0.05, 0) is 54.3 Å². The van der Waals surface area contributed by atoms with Crippen molar-refractivity contribution < 1.29 is 4.39 Å². The third-order valence-electron chi connectivity index (χ3n) is 3.15. The topological polar surface area (TPSA) is 38.0 Å². The summed E-state index contributed by atoms with van der Waals surface area (Å²) in [7, 11) is 0. The van der Waals surface area contributed by atoms with Gasteiger partial charge in [0.1, 0.15) is 5.82 Å². The van der Waals surface area contributed by atoms with Crippen molar-refractivity contribution in [1.29, 1.82) is 0 Å². The number of aryl methyl sites for hydroxylation is 1. The summed E-state index contributed by atoms with van der Waals surface area (Å²) in [5.41, 5.74) is 5.79. The van der Waals surface area contributed by atoms with E-state index in [1.165, 1.54) is 12.1 Å². The molecule has 1 unspecified atom stereocenters. The van der Waals surface area contributed by atoms with Gasteiger partial charge in [0.05, 0.1) is 6.04 Å². The van der Waals surface area contributed by atoms with E-state index in [-0.39, 0.29) is 11.9 Å². The molecule has 0 radical (unpaired) electrons. The van der Waals surface area contributed by atoms with Gasteiger partial charge >= 0.3 is 0 Å². The molecule has 4 heteroatoms. The molecule has 0 saturated heterocycles. The highest BCUT2D eigenvalue weighted by Gasteiger charge is 2.13. The quantitative estimate of drug-likeness (QED) is 0.663. The lowest BCUT2D eigenvalue weighted by molar-refractivity contribution is 0.546. The Labute approximate surface area is 117 Å². The fourth-order valence-corrected chi connectivity index (χ4v) is 2.33. The molecule has 19 heavy (non-hydrogen) atoms. The highest BCUT2D eigenvalue weighted by molar-refractivity contribution is 6.30. The van der Waals surface area contributed by atoms with Crippen LogP contribution in [0.1, 0.15) is 22.7 Å². The van der Waals surface area contributed by atoms with Crippen molar-refractivity contribution in [3.05, 3.63) is 70.0 Å². The normalized spacial score (nSPS) is 12.4. The fourth-order valence-electron chi connectivity index (χ4n) is 2.15. The van der Waals surface area contributed by atoms with Gasteiger partial charge in [-0.2, -0.15) is 0 Å². The number of benzene rings is 2. The summed E-state index contributed by atoms with van der Waals surface area (Å²) in [5, 5.41) is 0.667. The van der Waals surface area contributed by atoms with Crippen molar-refractivity contribution in [2.45, 2.75) is 19.4 Å². The summed E-state index contributed by atoms with van der Waals surface area (Å²) in [5.74, 6) is 5.38. The Morgan fingerprint density at radius 2 is 2.05 bits per heavy atom. The number of hydrogen-bond donors (Lipinski definition) is 2. The first-order chi connectivity index (χ1) is 9.10. The second-order valence-electron chi connectivity index (χ2n) is 4.55. The fraction of sp³-hybridized carbons (Fsp3) is 0.200. The Morgan fingerprint density at radius 3 is 2.74 bits per heavy atom. The minimum Gasteiger partial charge on any atom is -0.271 e. The van der Waals surface area contributed by atoms with E-state index in [1.54, 1.807) is 6.07 Å². The Balaban J connectivity index is 2.27. The molecule has 0 spiro atoms. The molecule has 0 aliphatic heterocycles. The first kappa shape index (κ1) is 14.0. The summed E-state index contributed by atoms with van der Waals surface area (Å²) < 4.78 is 13.2. The van der Waals surface area contributed by atoms with E-state index in [1.807, 2.05) is 31.2 Å². The molecule has 2 nitrogen and oxygen atoms in total. The molecule has 2 aromatic rings. The van der Waals surface area contributed by atoms with Gasteiger partial charge in [0.25, 0.3) is 0 Å². The van der Waals surface area contributed by atoms with Gasteiger partial charge in [0.15, 0.2) is 0 Å². The SMILES string of the molecule is Cc1ccc(Cl)cc1C(Cc1cccc(F)c1)NN. The standard InChI is InChI=1S/C15H16ClFN2/c1-10-5-6-12(16)9-14(10)15(19-18)8-11-3-2-4-13(17)7-11/h2-7,9,15,19H,8,18H2,1H3. The summed E-state index contributed by atoms with van der Waals surface area (Å²) >= 11 is 6.02. The van der Waals surface area contributed by atoms with E-state index in [0.717, 1.165) is 16.7 Å². The highest BCUT2D eigenvalue weighted by Crippen LogP contribution is 2.24. The van der Waals surface area contributed by atoms with Gasteiger partial charge in [-0.15, -0.1) is 0 Å². The van der Waals surface area contributed by atoms with Crippen LogP contribution in [0.25, 0.3) is 0 Å². The smallest absolute Gasteiger partial charge is 0.123 e. The number of halogens is 2. The molecular formula is C15H16ClFN2. The molecule has 0 bridgehead atoms. The Morgan fingerprint density at radius 1 is 1.26 bits per heavy atom. The van der Waals surface area contributed by atoms with Crippen LogP contribution >= 0.6 is 11.6 Å². The van der Waals surface area contributed by atoms with E-state index in [0.29, 0.717) is 11.4 Å². The van der Waals surface area contributed by atoms with Crippen LogP contribution in [0, 0.1) is 12.7 Å². The van der Waals surface area contributed by atoms with Crippen molar-refractivity contribution >= 4 is 11.6 Å². The molecular weight excluding hydrogens is 263 g/mol. The van der Waals surface area contributed by atoms with E-state index in [9.17, 15) is 4.39 Å². The van der Waals surface area contributed by atoms with Gasteiger partial charge in [-0.3, -0.25) is 11.3 Å². The van der Waals surface area contributed by atoms with Crippen LogP contribution in [-0.4, -0.2) is 0 Å². The third-order valence-corrected chi connectivity index (χ3v) is 3.38. The average Bonchev–Trinajstić information content (AvgIpc) is 2.39. The Kier molecular flexibility index (Phi) is 4.53. The molecule has 1 atom stereocenters. The maximum Gasteiger partial charge on any atom is 0.123 e. The van der Waals surface area contributed by atoms with Crippen LogP contribution in [0.15, 0.2) is 42.5 Å². The molecule has 0 amide bonds. The predicted molar refractivity (Wildman–Crippen MR) is 76.4 cm³/mol. The monoisotopic (exact) mass is 278 g/mol. The zero-order valence-electron chi connectivity index (χ0n) is 10.7. The van der Waals surface area contributed by atoms with Gasteiger partial charge < -0.3 is 0 Å². The number of hydrogen-bond acceptors (Lipinski definition) is 2. The van der Waals surface area contributed by atoms with Crippen LogP contribution in [0.5, 0.6) is 0 Å². The molecule has 0 fully saturated rings.